The first-order valence-electron chi connectivity index (χ1n) is 7.41. The van der Waals surface area contributed by atoms with E-state index in [0.717, 1.165) is 16.7 Å². The molecule has 0 saturated heterocycles. The first-order valence-corrected chi connectivity index (χ1v) is 7.78. The summed E-state index contributed by atoms with van der Waals surface area (Å²) in [6, 6.07) is 16.9. The number of nitrogens with one attached hydrogen (secondary N) is 2. The topological polar surface area (TPSA) is 62.0 Å². The lowest BCUT2D eigenvalue weighted by Gasteiger charge is -2.12. The van der Waals surface area contributed by atoms with Gasteiger partial charge in [0.15, 0.2) is 0 Å². The van der Waals surface area contributed by atoms with Crippen molar-refractivity contribution >= 4 is 23.2 Å². The quantitative estimate of drug-likeness (QED) is 0.749. The molecule has 120 valence electrons. The second-order valence-corrected chi connectivity index (χ2v) is 5.80. The van der Waals surface area contributed by atoms with Crippen LogP contribution < -0.4 is 10.9 Å². The van der Waals surface area contributed by atoms with Gasteiger partial charge in [0.1, 0.15) is 5.56 Å². The maximum Gasteiger partial charge on any atom is 0.261 e. The lowest BCUT2D eigenvalue weighted by Crippen LogP contribution is -2.23. The highest BCUT2D eigenvalue weighted by molar-refractivity contribution is 6.30. The van der Waals surface area contributed by atoms with E-state index in [0.29, 0.717) is 10.7 Å². The van der Waals surface area contributed by atoms with Gasteiger partial charge in [-0.25, -0.2) is 0 Å². The van der Waals surface area contributed by atoms with Crippen LogP contribution in [0.15, 0.2) is 65.6 Å². The van der Waals surface area contributed by atoms with Crippen LogP contribution >= 0.6 is 11.6 Å². The average Bonchev–Trinajstić information content (AvgIpc) is 2.59. The number of carbonyl (C=O) groups excluding carboxylic acids is 1. The van der Waals surface area contributed by atoms with Crippen molar-refractivity contribution in [3.8, 4) is 11.1 Å². The molecule has 0 spiro atoms. The van der Waals surface area contributed by atoms with Gasteiger partial charge >= 0.3 is 0 Å². The van der Waals surface area contributed by atoms with Crippen molar-refractivity contribution < 1.29 is 4.79 Å². The Morgan fingerprint density at radius 1 is 1.08 bits per heavy atom. The largest absolute Gasteiger partial charge is 0.327 e. The van der Waals surface area contributed by atoms with E-state index < -0.39 is 11.5 Å². The third-order valence-electron chi connectivity index (χ3n) is 3.78. The van der Waals surface area contributed by atoms with E-state index in [-0.39, 0.29) is 5.56 Å². The summed E-state index contributed by atoms with van der Waals surface area (Å²) in [6.45, 7) is 1.93. The zero-order chi connectivity index (χ0) is 17.1. The molecule has 0 atom stereocenters. The Balaban J connectivity index is 1.95. The Bertz CT molecular complexity index is 949. The van der Waals surface area contributed by atoms with Gasteiger partial charge in [0.25, 0.3) is 11.5 Å². The molecule has 1 amide bonds. The Morgan fingerprint density at radius 3 is 2.58 bits per heavy atom. The summed E-state index contributed by atoms with van der Waals surface area (Å²) in [5.41, 5.74) is 3.16. The lowest BCUT2D eigenvalue weighted by molar-refractivity contribution is 0.102. The van der Waals surface area contributed by atoms with Crippen LogP contribution in [0.25, 0.3) is 11.1 Å². The van der Waals surface area contributed by atoms with E-state index in [1.165, 1.54) is 12.3 Å². The standard InChI is InChI=1S/C19H15ClN2O2/c1-12-15(13-6-3-2-4-7-13)8-5-9-17(12)22-19(24)16-10-14(20)11-21-18(16)23/h2-11H,1H3,(H,21,23)(H,22,24). The summed E-state index contributed by atoms with van der Waals surface area (Å²) in [4.78, 5) is 26.6. The smallest absolute Gasteiger partial charge is 0.261 e. The number of halogens is 1. The Kier molecular flexibility index (Phi) is 4.49. The number of pyridine rings is 1. The number of carbonyl (C=O) groups is 1. The number of amides is 1. The van der Waals surface area contributed by atoms with Gasteiger partial charge in [-0.1, -0.05) is 54.1 Å². The summed E-state index contributed by atoms with van der Waals surface area (Å²) in [7, 11) is 0. The van der Waals surface area contributed by atoms with Crippen molar-refractivity contribution in [2.45, 2.75) is 6.92 Å². The molecule has 24 heavy (non-hydrogen) atoms. The van der Waals surface area contributed by atoms with Gasteiger partial charge < -0.3 is 10.3 Å². The predicted octanol–water partition coefficient (Wildman–Crippen LogP) is 4.26. The molecule has 2 aromatic carbocycles. The molecule has 0 bridgehead atoms. The van der Waals surface area contributed by atoms with Gasteiger partial charge in [-0.3, -0.25) is 9.59 Å². The molecule has 2 N–H and O–H groups in total. The fourth-order valence-electron chi connectivity index (χ4n) is 2.52. The third-order valence-corrected chi connectivity index (χ3v) is 4.00. The van der Waals surface area contributed by atoms with Gasteiger partial charge in [0.05, 0.1) is 5.02 Å². The number of hydrogen-bond acceptors (Lipinski definition) is 2. The van der Waals surface area contributed by atoms with Crippen LogP contribution in [0, 0.1) is 6.92 Å². The van der Waals surface area contributed by atoms with Crippen LogP contribution in [0.5, 0.6) is 0 Å². The summed E-state index contributed by atoms with van der Waals surface area (Å²) < 4.78 is 0. The van der Waals surface area contributed by atoms with Crippen LogP contribution in [-0.2, 0) is 0 Å². The summed E-state index contributed by atoms with van der Waals surface area (Å²) in [6.07, 6.45) is 1.35. The van der Waals surface area contributed by atoms with E-state index in [2.05, 4.69) is 10.3 Å². The van der Waals surface area contributed by atoms with Crippen molar-refractivity contribution in [3.63, 3.8) is 0 Å². The van der Waals surface area contributed by atoms with E-state index in [9.17, 15) is 9.59 Å². The second kappa shape index (κ2) is 6.72. The van der Waals surface area contributed by atoms with Gasteiger partial charge in [-0.05, 0) is 35.7 Å². The van der Waals surface area contributed by atoms with Gasteiger partial charge in [-0.15, -0.1) is 0 Å². The molecule has 4 nitrogen and oxygen atoms in total. The average molecular weight is 339 g/mol. The molecule has 0 saturated carbocycles. The Morgan fingerprint density at radius 2 is 1.83 bits per heavy atom. The Hall–Kier alpha value is -2.85. The summed E-state index contributed by atoms with van der Waals surface area (Å²) in [5, 5.41) is 3.09. The van der Waals surface area contributed by atoms with Crippen LogP contribution in [0.1, 0.15) is 15.9 Å². The summed E-state index contributed by atoms with van der Waals surface area (Å²) in [5.74, 6) is -0.493. The Labute approximate surface area is 144 Å². The number of rotatable bonds is 3. The number of H-pyrrole nitrogens is 1. The number of hydrogen-bond donors (Lipinski definition) is 2. The van der Waals surface area contributed by atoms with Crippen LogP contribution in [-0.4, -0.2) is 10.9 Å². The van der Waals surface area contributed by atoms with E-state index >= 15 is 0 Å². The van der Waals surface area contributed by atoms with Gasteiger partial charge in [-0.2, -0.15) is 0 Å². The highest BCUT2D eigenvalue weighted by atomic mass is 35.5. The van der Waals surface area contributed by atoms with Gasteiger partial charge in [0, 0.05) is 11.9 Å². The van der Waals surface area contributed by atoms with Crippen molar-refractivity contribution in [3.05, 3.63) is 87.3 Å². The SMILES string of the molecule is Cc1c(NC(=O)c2cc(Cl)c[nH]c2=O)cccc1-c1ccccc1. The zero-order valence-corrected chi connectivity index (χ0v) is 13.7. The van der Waals surface area contributed by atoms with Gasteiger partial charge in [0.2, 0.25) is 0 Å². The molecule has 3 rings (SSSR count). The maximum atomic E-state index is 12.4. The second-order valence-electron chi connectivity index (χ2n) is 5.36. The van der Waals surface area contributed by atoms with Crippen molar-refractivity contribution in [2.75, 3.05) is 5.32 Å². The number of aromatic amines is 1. The first kappa shape index (κ1) is 16.0. The molecule has 1 aromatic heterocycles. The normalized spacial score (nSPS) is 10.4. The van der Waals surface area contributed by atoms with Crippen molar-refractivity contribution in [1.29, 1.82) is 0 Å². The molecule has 0 unspecified atom stereocenters. The monoisotopic (exact) mass is 338 g/mol. The third kappa shape index (κ3) is 3.24. The van der Waals surface area contributed by atoms with E-state index in [4.69, 9.17) is 11.6 Å². The minimum Gasteiger partial charge on any atom is -0.327 e. The predicted molar refractivity (Wildman–Crippen MR) is 96.6 cm³/mol. The fourth-order valence-corrected chi connectivity index (χ4v) is 2.68. The van der Waals surface area contributed by atoms with E-state index in [1.807, 2.05) is 49.4 Å². The molecule has 0 aliphatic carbocycles. The molecular weight excluding hydrogens is 324 g/mol. The molecule has 0 aliphatic heterocycles. The van der Waals surface area contributed by atoms with Crippen molar-refractivity contribution in [2.24, 2.45) is 0 Å². The molecule has 3 aromatic rings. The molecule has 0 aliphatic rings. The van der Waals surface area contributed by atoms with Crippen LogP contribution in [0.4, 0.5) is 5.69 Å². The van der Waals surface area contributed by atoms with E-state index in [1.54, 1.807) is 6.07 Å². The minimum atomic E-state index is -0.493. The molecule has 0 fully saturated rings. The lowest BCUT2D eigenvalue weighted by atomic mass is 9.99. The number of anilines is 1. The molecule has 5 heteroatoms. The molecular formula is C19H15ClN2O2. The minimum absolute atomic E-state index is 0.0213. The summed E-state index contributed by atoms with van der Waals surface area (Å²) >= 11 is 5.85. The van der Waals surface area contributed by atoms with Crippen LogP contribution in [0.3, 0.4) is 0 Å². The fraction of sp³-hybridized carbons (Fsp3) is 0.0526. The van der Waals surface area contributed by atoms with Crippen LogP contribution in [0.2, 0.25) is 5.02 Å². The highest BCUT2D eigenvalue weighted by Crippen LogP contribution is 2.28. The highest BCUT2D eigenvalue weighted by Gasteiger charge is 2.14. The first-order chi connectivity index (χ1) is 11.6. The molecule has 1 heterocycles. The van der Waals surface area contributed by atoms with Crippen molar-refractivity contribution in [1.82, 2.24) is 4.98 Å². The maximum absolute atomic E-state index is 12.4. The number of benzene rings is 2. The number of aromatic nitrogens is 1. The molecule has 0 radical (unpaired) electrons. The zero-order valence-electron chi connectivity index (χ0n) is 13.0.